The van der Waals surface area contributed by atoms with Gasteiger partial charge in [-0.05, 0) is 35.9 Å². The maximum Gasteiger partial charge on any atom is 0.251 e. The lowest BCUT2D eigenvalue weighted by Crippen LogP contribution is -2.28. The maximum absolute atomic E-state index is 13.1. The van der Waals surface area contributed by atoms with Crippen LogP contribution in [0, 0.1) is 11.6 Å². The standard InChI is InChI=1S/C16H13F2N3O2/c17-11-3-1-9(5-12(11)18)15(22)7-19-16(23)10-2-4-13-14(6-10)21-8-20-13/h1-6,8,15,22H,7H2,(H,19,23)(H,20,21)/t15-/m0/s1. The predicted octanol–water partition coefficient (Wildman–Crippen LogP) is 2.30. The number of fused-ring (bicyclic) bond motifs is 1. The second-order valence-corrected chi connectivity index (χ2v) is 5.03. The summed E-state index contributed by atoms with van der Waals surface area (Å²) in [5, 5.41) is 12.5. The molecule has 118 valence electrons. The number of benzene rings is 2. The van der Waals surface area contributed by atoms with Crippen molar-refractivity contribution in [3.05, 3.63) is 65.5 Å². The summed E-state index contributed by atoms with van der Waals surface area (Å²) in [4.78, 5) is 19.0. The topological polar surface area (TPSA) is 78.0 Å². The average molecular weight is 317 g/mol. The molecular formula is C16H13F2N3O2. The van der Waals surface area contributed by atoms with Gasteiger partial charge >= 0.3 is 0 Å². The molecule has 0 fully saturated rings. The van der Waals surface area contributed by atoms with Crippen LogP contribution in [0.2, 0.25) is 0 Å². The first-order valence-electron chi connectivity index (χ1n) is 6.89. The average Bonchev–Trinajstić information content (AvgIpc) is 3.02. The van der Waals surface area contributed by atoms with Crippen LogP contribution in [0.3, 0.4) is 0 Å². The van der Waals surface area contributed by atoms with Crippen molar-refractivity contribution in [3.8, 4) is 0 Å². The fourth-order valence-electron chi connectivity index (χ4n) is 2.21. The van der Waals surface area contributed by atoms with Gasteiger partial charge in [0.2, 0.25) is 0 Å². The number of H-pyrrole nitrogens is 1. The van der Waals surface area contributed by atoms with Gasteiger partial charge in [0.25, 0.3) is 5.91 Å². The Balaban J connectivity index is 1.66. The zero-order valence-electron chi connectivity index (χ0n) is 11.9. The predicted molar refractivity (Wildman–Crippen MR) is 79.7 cm³/mol. The van der Waals surface area contributed by atoms with Crippen molar-refractivity contribution in [1.82, 2.24) is 15.3 Å². The summed E-state index contributed by atoms with van der Waals surface area (Å²) in [7, 11) is 0. The van der Waals surface area contributed by atoms with Crippen molar-refractivity contribution >= 4 is 16.9 Å². The molecule has 5 nitrogen and oxygen atoms in total. The van der Waals surface area contributed by atoms with Gasteiger partial charge in [-0.1, -0.05) is 6.07 Å². The number of carbonyl (C=O) groups excluding carboxylic acids is 1. The van der Waals surface area contributed by atoms with Crippen LogP contribution in [0.4, 0.5) is 8.78 Å². The first kappa shape index (κ1) is 15.1. The first-order chi connectivity index (χ1) is 11.0. The van der Waals surface area contributed by atoms with Crippen LogP contribution in [-0.2, 0) is 0 Å². The van der Waals surface area contributed by atoms with Gasteiger partial charge in [0.15, 0.2) is 11.6 Å². The van der Waals surface area contributed by atoms with Gasteiger partial charge in [0.05, 0.1) is 23.5 Å². The van der Waals surface area contributed by atoms with Crippen molar-refractivity contribution in [1.29, 1.82) is 0 Å². The smallest absolute Gasteiger partial charge is 0.251 e. The highest BCUT2D eigenvalue weighted by Crippen LogP contribution is 2.16. The monoisotopic (exact) mass is 317 g/mol. The van der Waals surface area contributed by atoms with Gasteiger partial charge < -0.3 is 15.4 Å². The Bertz CT molecular complexity index is 863. The van der Waals surface area contributed by atoms with Crippen LogP contribution in [-0.4, -0.2) is 27.5 Å². The fraction of sp³-hybridized carbons (Fsp3) is 0.125. The number of aliphatic hydroxyl groups excluding tert-OH is 1. The summed E-state index contributed by atoms with van der Waals surface area (Å²) in [5.41, 5.74) is 2.05. The Labute approximate surface area is 130 Å². The molecule has 0 bridgehead atoms. The van der Waals surface area contributed by atoms with E-state index in [-0.39, 0.29) is 18.0 Å². The maximum atomic E-state index is 13.1. The molecule has 1 amide bonds. The van der Waals surface area contributed by atoms with E-state index in [1.165, 1.54) is 12.4 Å². The summed E-state index contributed by atoms with van der Waals surface area (Å²) >= 11 is 0. The summed E-state index contributed by atoms with van der Waals surface area (Å²) in [5.74, 6) is -2.42. The highest BCUT2D eigenvalue weighted by atomic mass is 19.2. The van der Waals surface area contributed by atoms with E-state index in [1.54, 1.807) is 18.2 Å². The molecule has 0 spiro atoms. The lowest BCUT2D eigenvalue weighted by Gasteiger charge is -2.12. The van der Waals surface area contributed by atoms with Crippen LogP contribution < -0.4 is 5.32 Å². The zero-order chi connectivity index (χ0) is 16.4. The highest BCUT2D eigenvalue weighted by molar-refractivity contribution is 5.97. The van der Waals surface area contributed by atoms with E-state index in [4.69, 9.17) is 0 Å². The molecule has 0 aliphatic carbocycles. The number of nitrogens with zero attached hydrogens (tertiary/aromatic N) is 1. The molecule has 3 N–H and O–H groups in total. The lowest BCUT2D eigenvalue weighted by molar-refractivity contribution is 0.0916. The summed E-state index contributed by atoms with van der Waals surface area (Å²) < 4.78 is 26.0. The number of halogens is 2. The minimum absolute atomic E-state index is 0.120. The van der Waals surface area contributed by atoms with Crippen LogP contribution in [0.15, 0.2) is 42.7 Å². The van der Waals surface area contributed by atoms with Gasteiger partial charge in [-0.3, -0.25) is 4.79 Å². The molecule has 0 aliphatic heterocycles. The molecule has 3 aromatic rings. The van der Waals surface area contributed by atoms with Crippen molar-refractivity contribution in [3.63, 3.8) is 0 Å². The van der Waals surface area contributed by atoms with E-state index in [0.29, 0.717) is 5.56 Å². The normalized spacial score (nSPS) is 12.3. The number of aromatic nitrogens is 2. The van der Waals surface area contributed by atoms with E-state index in [2.05, 4.69) is 15.3 Å². The molecule has 1 atom stereocenters. The fourth-order valence-corrected chi connectivity index (χ4v) is 2.21. The highest BCUT2D eigenvalue weighted by Gasteiger charge is 2.13. The van der Waals surface area contributed by atoms with Crippen molar-refractivity contribution < 1.29 is 18.7 Å². The minimum atomic E-state index is -1.13. The molecule has 0 saturated carbocycles. The number of rotatable bonds is 4. The van der Waals surface area contributed by atoms with Gasteiger partial charge in [-0.25, -0.2) is 13.8 Å². The van der Waals surface area contributed by atoms with Crippen LogP contribution >= 0.6 is 0 Å². The van der Waals surface area contributed by atoms with Gasteiger partial charge in [0.1, 0.15) is 0 Å². The van der Waals surface area contributed by atoms with E-state index in [1.807, 2.05) is 0 Å². The van der Waals surface area contributed by atoms with E-state index >= 15 is 0 Å². The summed E-state index contributed by atoms with van der Waals surface area (Å²) in [6, 6.07) is 8.06. The van der Waals surface area contributed by atoms with Gasteiger partial charge in [0, 0.05) is 12.1 Å². The number of carbonyl (C=O) groups is 1. The summed E-state index contributed by atoms with van der Waals surface area (Å²) in [6.07, 6.45) is 0.393. The third kappa shape index (κ3) is 3.19. The number of imidazole rings is 1. The Hall–Kier alpha value is -2.80. The molecule has 0 aliphatic rings. The second kappa shape index (κ2) is 6.13. The largest absolute Gasteiger partial charge is 0.387 e. The Morgan fingerprint density at radius 1 is 1.22 bits per heavy atom. The molecule has 23 heavy (non-hydrogen) atoms. The summed E-state index contributed by atoms with van der Waals surface area (Å²) in [6.45, 7) is -0.120. The minimum Gasteiger partial charge on any atom is -0.387 e. The SMILES string of the molecule is O=C(NC[C@H](O)c1ccc(F)c(F)c1)c1ccc2nc[nH]c2c1. The first-order valence-corrected chi connectivity index (χ1v) is 6.89. The van der Waals surface area contributed by atoms with Gasteiger partial charge in [-0.2, -0.15) is 0 Å². The quantitative estimate of drug-likeness (QED) is 0.691. The van der Waals surface area contributed by atoms with Crippen LogP contribution in [0.25, 0.3) is 11.0 Å². The number of aromatic amines is 1. The number of aliphatic hydroxyl groups is 1. The number of amides is 1. The number of nitrogens with one attached hydrogen (secondary N) is 2. The molecule has 0 unspecified atom stereocenters. The van der Waals surface area contributed by atoms with Crippen LogP contribution in [0.1, 0.15) is 22.0 Å². The molecule has 1 heterocycles. The van der Waals surface area contributed by atoms with Gasteiger partial charge in [-0.15, -0.1) is 0 Å². The van der Waals surface area contributed by atoms with E-state index in [9.17, 15) is 18.7 Å². The molecule has 0 radical (unpaired) electrons. The number of hydrogen-bond acceptors (Lipinski definition) is 3. The number of hydrogen-bond donors (Lipinski definition) is 3. The van der Waals surface area contributed by atoms with Crippen molar-refractivity contribution in [2.75, 3.05) is 6.54 Å². The molecular weight excluding hydrogens is 304 g/mol. The molecule has 0 saturated heterocycles. The molecule has 3 rings (SSSR count). The van der Waals surface area contributed by atoms with Crippen molar-refractivity contribution in [2.45, 2.75) is 6.10 Å². The Morgan fingerprint density at radius 3 is 2.83 bits per heavy atom. The second-order valence-electron chi connectivity index (χ2n) is 5.03. The van der Waals surface area contributed by atoms with Crippen molar-refractivity contribution in [2.24, 2.45) is 0 Å². The Kier molecular flexibility index (Phi) is 4.03. The van der Waals surface area contributed by atoms with E-state index in [0.717, 1.165) is 23.2 Å². The van der Waals surface area contributed by atoms with E-state index < -0.39 is 17.7 Å². The molecule has 2 aromatic carbocycles. The third-order valence-corrected chi connectivity index (χ3v) is 3.47. The molecule has 7 heteroatoms. The Morgan fingerprint density at radius 2 is 2.04 bits per heavy atom. The zero-order valence-corrected chi connectivity index (χ0v) is 11.9. The molecule has 1 aromatic heterocycles. The van der Waals surface area contributed by atoms with Crippen LogP contribution in [0.5, 0.6) is 0 Å². The third-order valence-electron chi connectivity index (χ3n) is 3.47. The lowest BCUT2D eigenvalue weighted by atomic mass is 10.1.